The lowest BCUT2D eigenvalue weighted by Crippen LogP contribution is -2.14. The van der Waals surface area contributed by atoms with Crippen LogP contribution in [-0.4, -0.2) is 22.1 Å². The standard InChI is InChI=1S/C11H14N6O/c1-18-11-15-9(14-10(16-11)17-12)13-7-8-5-3-2-4-6-8/h2-6H,7,12H2,1H3,(H2,13,14,15,16,17). The van der Waals surface area contributed by atoms with Crippen LogP contribution in [0.25, 0.3) is 0 Å². The maximum Gasteiger partial charge on any atom is 0.322 e. The van der Waals surface area contributed by atoms with Crippen molar-refractivity contribution in [3.05, 3.63) is 35.9 Å². The average molecular weight is 246 g/mol. The fourth-order valence-electron chi connectivity index (χ4n) is 1.37. The highest BCUT2D eigenvalue weighted by molar-refractivity contribution is 5.35. The number of aromatic nitrogens is 3. The first-order valence-corrected chi connectivity index (χ1v) is 5.36. The van der Waals surface area contributed by atoms with Gasteiger partial charge in [0.1, 0.15) is 0 Å². The first-order chi connectivity index (χ1) is 8.81. The summed E-state index contributed by atoms with van der Waals surface area (Å²) < 4.78 is 4.95. The van der Waals surface area contributed by atoms with Crippen molar-refractivity contribution in [2.24, 2.45) is 5.84 Å². The second-order valence-corrected chi connectivity index (χ2v) is 3.45. The van der Waals surface area contributed by atoms with Crippen molar-refractivity contribution in [3.8, 4) is 6.01 Å². The molecule has 0 unspecified atom stereocenters. The van der Waals surface area contributed by atoms with Crippen molar-refractivity contribution in [2.75, 3.05) is 17.9 Å². The van der Waals surface area contributed by atoms with Crippen LogP contribution in [0.3, 0.4) is 0 Å². The first kappa shape index (κ1) is 12.1. The molecule has 0 atom stereocenters. The fourth-order valence-corrected chi connectivity index (χ4v) is 1.37. The molecule has 0 aliphatic carbocycles. The molecule has 0 spiro atoms. The number of hydrogen-bond donors (Lipinski definition) is 3. The van der Waals surface area contributed by atoms with E-state index in [1.165, 1.54) is 7.11 Å². The highest BCUT2D eigenvalue weighted by Crippen LogP contribution is 2.10. The molecule has 0 aliphatic rings. The fraction of sp³-hybridized carbons (Fsp3) is 0.182. The molecule has 7 heteroatoms. The smallest absolute Gasteiger partial charge is 0.322 e. The zero-order chi connectivity index (χ0) is 12.8. The van der Waals surface area contributed by atoms with Gasteiger partial charge in [-0.25, -0.2) is 5.84 Å². The Morgan fingerprint density at radius 1 is 1.11 bits per heavy atom. The van der Waals surface area contributed by atoms with Crippen molar-refractivity contribution in [2.45, 2.75) is 6.54 Å². The average Bonchev–Trinajstić information content (AvgIpc) is 2.45. The molecule has 4 N–H and O–H groups in total. The molecule has 0 amide bonds. The van der Waals surface area contributed by atoms with Gasteiger partial charge in [0.2, 0.25) is 11.9 Å². The van der Waals surface area contributed by atoms with E-state index in [-0.39, 0.29) is 12.0 Å². The van der Waals surface area contributed by atoms with Gasteiger partial charge in [-0.2, -0.15) is 15.0 Å². The van der Waals surface area contributed by atoms with Crippen molar-refractivity contribution in [3.63, 3.8) is 0 Å². The molecule has 1 aromatic carbocycles. The Labute approximate surface area is 104 Å². The van der Waals surface area contributed by atoms with E-state index in [4.69, 9.17) is 10.6 Å². The number of methoxy groups -OCH3 is 1. The summed E-state index contributed by atoms with van der Waals surface area (Å²) in [5.41, 5.74) is 3.48. The zero-order valence-electron chi connectivity index (χ0n) is 9.92. The third-order valence-electron chi connectivity index (χ3n) is 2.22. The number of hydrogen-bond acceptors (Lipinski definition) is 7. The van der Waals surface area contributed by atoms with Crippen LogP contribution in [-0.2, 0) is 6.54 Å². The van der Waals surface area contributed by atoms with Crippen molar-refractivity contribution >= 4 is 11.9 Å². The Hall–Kier alpha value is -2.41. The van der Waals surface area contributed by atoms with Crippen LogP contribution in [0.5, 0.6) is 6.01 Å². The molecule has 0 radical (unpaired) electrons. The number of nitrogen functional groups attached to an aromatic ring is 1. The lowest BCUT2D eigenvalue weighted by Gasteiger charge is -2.07. The molecular weight excluding hydrogens is 232 g/mol. The molecule has 2 aromatic rings. The molecule has 1 aromatic heterocycles. The van der Waals surface area contributed by atoms with E-state index < -0.39 is 0 Å². The summed E-state index contributed by atoms with van der Waals surface area (Å²) in [5.74, 6) is 5.91. The van der Waals surface area contributed by atoms with Gasteiger partial charge in [0, 0.05) is 6.54 Å². The van der Waals surface area contributed by atoms with E-state index >= 15 is 0 Å². The van der Waals surface area contributed by atoms with Gasteiger partial charge < -0.3 is 10.1 Å². The van der Waals surface area contributed by atoms with Gasteiger partial charge in [0.25, 0.3) is 0 Å². The van der Waals surface area contributed by atoms with Crippen molar-refractivity contribution < 1.29 is 4.74 Å². The van der Waals surface area contributed by atoms with Gasteiger partial charge in [-0.1, -0.05) is 30.3 Å². The lowest BCUT2D eigenvalue weighted by atomic mass is 10.2. The molecule has 7 nitrogen and oxygen atoms in total. The molecule has 18 heavy (non-hydrogen) atoms. The first-order valence-electron chi connectivity index (χ1n) is 5.36. The number of rotatable bonds is 5. The highest BCUT2D eigenvalue weighted by atomic mass is 16.5. The molecule has 0 saturated carbocycles. The highest BCUT2D eigenvalue weighted by Gasteiger charge is 2.05. The summed E-state index contributed by atoms with van der Waals surface area (Å²) in [7, 11) is 1.48. The number of nitrogens with two attached hydrogens (primary N) is 1. The largest absolute Gasteiger partial charge is 0.467 e. The minimum absolute atomic E-state index is 0.202. The predicted octanol–water partition coefficient (Wildman–Crippen LogP) is 0.778. The van der Waals surface area contributed by atoms with E-state index in [1.807, 2.05) is 30.3 Å². The van der Waals surface area contributed by atoms with E-state index in [1.54, 1.807) is 0 Å². The van der Waals surface area contributed by atoms with E-state index in [0.29, 0.717) is 12.5 Å². The monoisotopic (exact) mass is 246 g/mol. The number of anilines is 2. The number of ether oxygens (including phenoxy) is 1. The quantitative estimate of drug-likeness (QED) is 0.529. The normalized spacial score (nSPS) is 9.89. The van der Waals surface area contributed by atoms with Gasteiger partial charge in [-0.15, -0.1) is 0 Å². The van der Waals surface area contributed by atoms with Crippen LogP contribution in [0, 0.1) is 0 Å². The SMILES string of the molecule is COc1nc(NN)nc(NCc2ccccc2)n1. The lowest BCUT2D eigenvalue weighted by molar-refractivity contribution is 0.379. The van der Waals surface area contributed by atoms with Crippen LogP contribution < -0.4 is 21.3 Å². The molecule has 94 valence electrons. The zero-order valence-corrected chi connectivity index (χ0v) is 9.92. The van der Waals surface area contributed by atoms with Gasteiger partial charge in [0.05, 0.1) is 7.11 Å². The van der Waals surface area contributed by atoms with E-state index in [0.717, 1.165) is 5.56 Å². The summed E-state index contributed by atoms with van der Waals surface area (Å²) in [4.78, 5) is 12.0. The number of hydrazine groups is 1. The molecule has 0 saturated heterocycles. The molecule has 0 aliphatic heterocycles. The summed E-state index contributed by atoms with van der Waals surface area (Å²) in [6.07, 6.45) is 0. The van der Waals surface area contributed by atoms with Crippen LogP contribution in [0.15, 0.2) is 30.3 Å². The van der Waals surface area contributed by atoms with Gasteiger partial charge >= 0.3 is 6.01 Å². The van der Waals surface area contributed by atoms with Crippen LogP contribution in [0.1, 0.15) is 5.56 Å². The third kappa shape index (κ3) is 3.05. The number of nitrogens with zero attached hydrogens (tertiary/aromatic N) is 3. The topological polar surface area (TPSA) is 98.0 Å². The van der Waals surface area contributed by atoms with Gasteiger partial charge in [-0.05, 0) is 5.56 Å². The van der Waals surface area contributed by atoms with Crippen LogP contribution >= 0.6 is 0 Å². The molecule has 0 fully saturated rings. The number of nitrogens with one attached hydrogen (secondary N) is 2. The minimum atomic E-state index is 0.202. The Bertz CT molecular complexity index is 482. The predicted molar refractivity (Wildman–Crippen MR) is 68.0 cm³/mol. The van der Waals surface area contributed by atoms with Crippen LogP contribution in [0.2, 0.25) is 0 Å². The molecular formula is C11H14N6O. The second kappa shape index (κ2) is 5.78. The summed E-state index contributed by atoms with van der Waals surface area (Å²) >= 11 is 0. The summed E-state index contributed by atoms with van der Waals surface area (Å²) in [5, 5.41) is 3.07. The number of benzene rings is 1. The Balaban J connectivity index is 2.09. The minimum Gasteiger partial charge on any atom is -0.467 e. The van der Waals surface area contributed by atoms with E-state index in [9.17, 15) is 0 Å². The van der Waals surface area contributed by atoms with E-state index in [2.05, 4.69) is 25.7 Å². The van der Waals surface area contributed by atoms with Gasteiger partial charge in [0.15, 0.2) is 0 Å². The van der Waals surface area contributed by atoms with Gasteiger partial charge in [-0.3, -0.25) is 5.43 Å². The summed E-state index contributed by atoms with van der Waals surface area (Å²) in [6, 6.07) is 10.1. The maximum absolute atomic E-state index is 5.26. The second-order valence-electron chi connectivity index (χ2n) is 3.45. The summed E-state index contributed by atoms with van der Waals surface area (Å²) in [6.45, 7) is 0.609. The Kier molecular flexibility index (Phi) is 3.87. The Morgan fingerprint density at radius 2 is 1.83 bits per heavy atom. The third-order valence-corrected chi connectivity index (χ3v) is 2.22. The Morgan fingerprint density at radius 3 is 2.50 bits per heavy atom. The van der Waals surface area contributed by atoms with Crippen LogP contribution in [0.4, 0.5) is 11.9 Å². The molecule has 0 bridgehead atoms. The molecule has 1 heterocycles. The van der Waals surface area contributed by atoms with Crippen molar-refractivity contribution in [1.82, 2.24) is 15.0 Å². The van der Waals surface area contributed by atoms with Crippen molar-refractivity contribution in [1.29, 1.82) is 0 Å². The molecule has 2 rings (SSSR count). The maximum atomic E-state index is 5.26.